The zero-order valence-electron chi connectivity index (χ0n) is 8.01. The number of aliphatic hydroxyl groups is 1. The first-order valence-corrected chi connectivity index (χ1v) is 5.39. The van der Waals surface area contributed by atoms with Crippen LogP contribution in [-0.2, 0) is 4.74 Å². The van der Waals surface area contributed by atoms with Gasteiger partial charge in [0.25, 0.3) is 0 Å². The van der Waals surface area contributed by atoms with Gasteiger partial charge in [-0.15, -0.1) is 10.2 Å². The van der Waals surface area contributed by atoms with Crippen molar-refractivity contribution in [2.45, 2.75) is 13.0 Å². The van der Waals surface area contributed by atoms with E-state index in [1.807, 2.05) is 6.92 Å². The first kappa shape index (κ1) is 9.82. The average molecular weight is 215 g/mol. The molecule has 1 atom stereocenters. The monoisotopic (exact) mass is 215 g/mol. The first-order chi connectivity index (χ1) is 6.79. The highest BCUT2D eigenvalue weighted by Crippen LogP contribution is 2.21. The number of ether oxygens (including phenoxy) is 1. The summed E-state index contributed by atoms with van der Waals surface area (Å²) in [5.74, 6) is 0. The van der Waals surface area contributed by atoms with Gasteiger partial charge in [0.1, 0.15) is 5.01 Å². The minimum atomic E-state index is -0.0899. The minimum absolute atomic E-state index is 0.0638. The molecule has 1 aliphatic rings. The highest BCUT2D eigenvalue weighted by atomic mass is 32.1. The predicted molar refractivity (Wildman–Crippen MR) is 53.7 cm³/mol. The van der Waals surface area contributed by atoms with E-state index in [1.54, 1.807) is 11.3 Å². The van der Waals surface area contributed by atoms with Crippen LogP contribution in [0.5, 0.6) is 0 Å². The number of aromatic nitrogens is 2. The van der Waals surface area contributed by atoms with Gasteiger partial charge in [0.05, 0.1) is 19.3 Å². The smallest absolute Gasteiger partial charge is 0.208 e. The van der Waals surface area contributed by atoms with Crippen molar-refractivity contribution in [3.63, 3.8) is 0 Å². The Kier molecular flexibility index (Phi) is 2.95. The Balaban J connectivity index is 2.04. The SMILES string of the molecule is Cc1nnc(N2CCOC(CO)C2)s1. The number of aliphatic hydroxyl groups excluding tert-OH is 1. The summed E-state index contributed by atoms with van der Waals surface area (Å²) < 4.78 is 5.35. The van der Waals surface area contributed by atoms with Crippen LogP contribution in [-0.4, -0.2) is 47.7 Å². The molecule has 1 saturated heterocycles. The molecule has 0 bridgehead atoms. The Hall–Kier alpha value is -0.720. The summed E-state index contributed by atoms with van der Waals surface area (Å²) in [6.07, 6.45) is -0.0899. The molecule has 1 aromatic heterocycles. The minimum Gasteiger partial charge on any atom is -0.394 e. The van der Waals surface area contributed by atoms with Crippen LogP contribution in [0.15, 0.2) is 0 Å². The van der Waals surface area contributed by atoms with Crippen molar-refractivity contribution in [2.75, 3.05) is 31.2 Å². The zero-order valence-corrected chi connectivity index (χ0v) is 8.83. The third-order valence-corrected chi connectivity index (χ3v) is 3.03. The molecule has 78 valence electrons. The van der Waals surface area contributed by atoms with Gasteiger partial charge in [0.2, 0.25) is 5.13 Å². The Labute approximate surface area is 86.3 Å². The van der Waals surface area contributed by atoms with E-state index in [4.69, 9.17) is 9.84 Å². The summed E-state index contributed by atoms with van der Waals surface area (Å²) in [4.78, 5) is 2.11. The molecule has 2 rings (SSSR count). The second kappa shape index (κ2) is 4.20. The Bertz CT molecular complexity index is 305. The average Bonchev–Trinajstić information content (AvgIpc) is 2.65. The standard InChI is InChI=1S/C8H13N3O2S/c1-6-9-10-8(14-6)11-2-3-13-7(4-11)5-12/h7,12H,2-5H2,1H3. The Morgan fingerprint density at radius 3 is 3.14 bits per heavy atom. The van der Waals surface area contributed by atoms with Crippen LogP contribution in [0.25, 0.3) is 0 Å². The van der Waals surface area contributed by atoms with E-state index >= 15 is 0 Å². The second-order valence-electron chi connectivity index (χ2n) is 3.23. The largest absolute Gasteiger partial charge is 0.394 e. The lowest BCUT2D eigenvalue weighted by atomic mass is 10.3. The summed E-state index contributed by atoms with van der Waals surface area (Å²) in [6, 6.07) is 0. The summed E-state index contributed by atoms with van der Waals surface area (Å²) in [5.41, 5.74) is 0. The van der Waals surface area contributed by atoms with Crippen LogP contribution in [0.1, 0.15) is 5.01 Å². The molecule has 2 heterocycles. The normalized spacial score (nSPS) is 22.7. The highest BCUT2D eigenvalue weighted by Gasteiger charge is 2.21. The van der Waals surface area contributed by atoms with Crippen LogP contribution < -0.4 is 4.90 Å². The molecule has 0 amide bonds. The van der Waals surface area contributed by atoms with Crippen LogP contribution >= 0.6 is 11.3 Å². The van der Waals surface area contributed by atoms with Crippen molar-refractivity contribution in [1.29, 1.82) is 0 Å². The molecule has 5 nitrogen and oxygen atoms in total. The molecule has 0 saturated carbocycles. The van der Waals surface area contributed by atoms with E-state index in [9.17, 15) is 0 Å². The lowest BCUT2D eigenvalue weighted by Crippen LogP contribution is -2.44. The number of hydrogen-bond acceptors (Lipinski definition) is 6. The fraction of sp³-hybridized carbons (Fsp3) is 0.750. The van der Waals surface area contributed by atoms with Gasteiger partial charge in [-0.05, 0) is 6.92 Å². The molecule has 6 heteroatoms. The van der Waals surface area contributed by atoms with E-state index in [2.05, 4.69) is 15.1 Å². The molecular weight excluding hydrogens is 202 g/mol. The summed E-state index contributed by atoms with van der Waals surface area (Å²) in [6.45, 7) is 4.17. The molecule has 1 N–H and O–H groups in total. The maximum Gasteiger partial charge on any atom is 0.208 e. The topological polar surface area (TPSA) is 58.5 Å². The van der Waals surface area contributed by atoms with E-state index in [0.717, 1.165) is 16.7 Å². The van der Waals surface area contributed by atoms with Crippen molar-refractivity contribution in [3.05, 3.63) is 5.01 Å². The van der Waals surface area contributed by atoms with Gasteiger partial charge in [0.15, 0.2) is 0 Å². The van der Waals surface area contributed by atoms with E-state index in [1.165, 1.54) is 0 Å². The number of morpholine rings is 1. The van der Waals surface area contributed by atoms with E-state index < -0.39 is 0 Å². The first-order valence-electron chi connectivity index (χ1n) is 4.57. The van der Waals surface area contributed by atoms with Gasteiger partial charge in [-0.1, -0.05) is 11.3 Å². The highest BCUT2D eigenvalue weighted by molar-refractivity contribution is 7.15. The lowest BCUT2D eigenvalue weighted by molar-refractivity contribution is 0.00353. The molecule has 1 aliphatic heterocycles. The van der Waals surface area contributed by atoms with Crippen LogP contribution in [0, 0.1) is 6.92 Å². The molecule has 0 aliphatic carbocycles. The van der Waals surface area contributed by atoms with Crippen molar-refractivity contribution < 1.29 is 9.84 Å². The van der Waals surface area contributed by atoms with Gasteiger partial charge < -0.3 is 14.7 Å². The van der Waals surface area contributed by atoms with Gasteiger partial charge in [-0.2, -0.15) is 0 Å². The second-order valence-corrected chi connectivity index (χ2v) is 4.39. The number of rotatable bonds is 2. The third kappa shape index (κ3) is 2.02. The number of aryl methyl sites for hydroxylation is 1. The third-order valence-electron chi connectivity index (χ3n) is 2.13. The molecule has 14 heavy (non-hydrogen) atoms. The molecule has 1 unspecified atom stereocenters. The lowest BCUT2D eigenvalue weighted by Gasteiger charge is -2.31. The summed E-state index contributed by atoms with van der Waals surface area (Å²) >= 11 is 1.57. The van der Waals surface area contributed by atoms with Crippen molar-refractivity contribution >= 4 is 16.5 Å². The molecule has 0 spiro atoms. The van der Waals surface area contributed by atoms with Gasteiger partial charge in [0, 0.05) is 13.1 Å². The van der Waals surface area contributed by atoms with Crippen molar-refractivity contribution in [2.24, 2.45) is 0 Å². The number of hydrogen-bond donors (Lipinski definition) is 1. The predicted octanol–water partition coefficient (Wildman–Crippen LogP) is 0.0440. The number of nitrogens with zero attached hydrogens (tertiary/aromatic N) is 3. The van der Waals surface area contributed by atoms with Gasteiger partial charge in [-0.25, -0.2) is 0 Å². The molecule has 0 aromatic carbocycles. The molecular formula is C8H13N3O2S. The van der Waals surface area contributed by atoms with Crippen LogP contribution in [0.3, 0.4) is 0 Å². The summed E-state index contributed by atoms with van der Waals surface area (Å²) in [5, 5.41) is 18.9. The maximum absolute atomic E-state index is 8.98. The Morgan fingerprint density at radius 2 is 2.50 bits per heavy atom. The van der Waals surface area contributed by atoms with Crippen molar-refractivity contribution in [1.82, 2.24) is 10.2 Å². The van der Waals surface area contributed by atoms with Crippen LogP contribution in [0.4, 0.5) is 5.13 Å². The maximum atomic E-state index is 8.98. The quantitative estimate of drug-likeness (QED) is 0.755. The van der Waals surface area contributed by atoms with E-state index in [-0.39, 0.29) is 12.7 Å². The summed E-state index contributed by atoms with van der Waals surface area (Å²) in [7, 11) is 0. The Morgan fingerprint density at radius 1 is 1.64 bits per heavy atom. The number of anilines is 1. The van der Waals surface area contributed by atoms with Crippen LogP contribution in [0.2, 0.25) is 0 Å². The molecule has 1 fully saturated rings. The fourth-order valence-corrected chi connectivity index (χ4v) is 2.14. The van der Waals surface area contributed by atoms with Crippen molar-refractivity contribution in [3.8, 4) is 0 Å². The molecule has 0 radical (unpaired) electrons. The van der Waals surface area contributed by atoms with Gasteiger partial charge >= 0.3 is 0 Å². The zero-order chi connectivity index (χ0) is 9.97. The fourth-order valence-electron chi connectivity index (χ4n) is 1.42. The molecule has 1 aromatic rings. The van der Waals surface area contributed by atoms with Gasteiger partial charge in [-0.3, -0.25) is 0 Å². The van der Waals surface area contributed by atoms with E-state index in [0.29, 0.717) is 13.2 Å².